The third-order valence-electron chi connectivity index (χ3n) is 4.50. The van der Waals surface area contributed by atoms with Crippen LogP contribution in [0.25, 0.3) is 0 Å². The molecule has 0 aromatic rings. The first-order valence-electron chi connectivity index (χ1n) is 6.67. The van der Waals surface area contributed by atoms with Gasteiger partial charge in [-0.2, -0.15) is 0 Å². The Kier molecular flexibility index (Phi) is 4.23. The molecular formula is C15H29N. The molecule has 0 bridgehead atoms. The number of rotatable bonds is 4. The molecule has 1 aliphatic carbocycles. The van der Waals surface area contributed by atoms with Crippen LogP contribution in [0.3, 0.4) is 0 Å². The number of hydrogen-bond donors (Lipinski definition) is 1. The molecule has 0 aliphatic heterocycles. The minimum atomic E-state index is -0.0605. The molecule has 0 saturated heterocycles. The van der Waals surface area contributed by atoms with Gasteiger partial charge in [0.05, 0.1) is 0 Å². The van der Waals surface area contributed by atoms with Gasteiger partial charge >= 0.3 is 0 Å². The first-order valence-corrected chi connectivity index (χ1v) is 6.67. The van der Waals surface area contributed by atoms with E-state index in [2.05, 4.69) is 46.8 Å². The average Bonchev–Trinajstić information content (AvgIpc) is 2.36. The van der Waals surface area contributed by atoms with Crippen molar-refractivity contribution in [2.45, 2.75) is 65.8 Å². The number of allylic oxidation sites excluding steroid dienone is 1. The summed E-state index contributed by atoms with van der Waals surface area (Å²) in [6, 6.07) is 0. The molecule has 1 heteroatoms. The fraction of sp³-hybridized carbons (Fsp3) is 0.867. The quantitative estimate of drug-likeness (QED) is 0.712. The van der Waals surface area contributed by atoms with Crippen molar-refractivity contribution in [1.82, 2.24) is 0 Å². The summed E-state index contributed by atoms with van der Waals surface area (Å²) in [5.41, 5.74) is 6.41. The molecule has 2 atom stereocenters. The van der Waals surface area contributed by atoms with Gasteiger partial charge < -0.3 is 5.73 Å². The first kappa shape index (κ1) is 13.8. The fourth-order valence-electron chi connectivity index (χ4n) is 2.67. The van der Waals surface area contributed by atoms with E-state index in [1.54, 1.807) is 0 Å². The van der Waals surface area contributed by atoms with E-state index in [0.29, 0.717) is 5.41 Å². The molecular weight excluding hydrogens is 194 g/mol. The summed E-state index contributed by atoms with van der Waals surface area (Å²) >= 11 is 0. The maximum absolute atomic E-state index is 5.95. The van der Waals surface area contributed by atoms with Crippen LogP contribution in [0.1, 0.15) is 60.3 Å². The van der Waals surface area contributed by atoms with E-state index in [0.717, 1.165) is 18.3 Å². The van der Waals surface area contributed by atoms with Gasteiger partial charge in [0.2, 0.25) is 0 Å². The van der Waals surface area contributed by atoms with Crippen LogP contribution < -0.4 is 5.73 Å². The Morgan fingerprint density at radius 2 is 1.88 bits per heavy atom. The standard InChI is InChI=1S/C15H29N/c1-12-9-10-13(15(12,4)5)8-6-7-11-14(2,3)16/h6-7,12-13H,8-11,16H2,1-5H3/b7-6+. The molecule has 0 spiro atoms. The minimum absolute atomic E-state index is 0.0605. The van der Waals surface area contributed by atoms with Gasteiger partial charge in [0.1, 0.15) is 0 Å². The third-order valence-corrected chi connectivity index (χ3v) is 4.50. The highest BCUT2D eigenvalue weighted by atomic mass is 14.7. The average molecular weight is 223 g/mol. The zero-order valence-electron chi connectivity index (χ0n) is 11.7. The fourth-order valence-corrected chi connectivity index (χ4v) is 2.67. The van der Waals surface area contributed by atoms with E-state index < -0.39 is 0 Å². The molecule has 0 radical (unpaired) electrons. The lowest BCUT2D eigenvalue weighted by molar-refractivity contribution is 0.199. The highest BCUT2D eigenvalue weighted by Crippen LogP contribution is 2.48. The largest absolute Gasteiger partial charge is 0.325 e. The van der Waals surface area contributed by atoms with Crippen LogP contribution in [0.4, 0.5) is 0 Å². The van der Waals surface area contributed by atoms with Crippen molar-refractivity contribution in [3.63, 3.8) is 0 Å². The van der Waals surface area contributed by atoms with Crippen LogP contribution >= 0.6 is 0 Å². The van der Waals surface area contributed by atoms with Crippen molar-refractivity contribution in [1.29, 1.82) is 0 Å². The lowest BCUT2D eigenvalue weighted by atomic mass is 9.75. The Hall–Kier alpha value is -0.300. The summed E-state index contributed by atoms with van der Waals surface area (Å²) in [5, 5.41) is 0. The maximum atomic E-state index is 5.95. The minimum Gasteiger partial charge on any atom is -0.325 e. The normalized spacial score (nSPS) is 30.1. The second-order valence-corrected chi connectivity index (χ2v) is 6.90. The van der Waals surface area contributed by atoms with Gasteiger partial charge in [0.25, 0.3) is 0 Å². The van der Waals surface area contributed by atoms with E-state index >= 15 is 0 Å². The van der Waals surface area contributed by atoms with E-state index in [9.17, 15) is 0 Å². The second kappa shape index (κ2) is 4.91. The summed E-state index contributed by atoms with van der Waals surface area (Å²) in [6.45, 7) is 11.4. The van der Waals surface area contributed by atoms with Crippen molar-refractivity contribution in [2.75, 3.05) is 0 Å². The third kappa shape index (κ3) is 3.62. The van der Waals surface area contributed by atoms with Crippen molar-refractivity contribution < 1.29 is 0 Å². The predicted molar refractivity (Wildman–Crippen MR) is 72.3 cm³/mol. The number of hydrogen-bond acceptors (Lipinski definition) is 1. The summed E-state index contributed by atoms with van der Waals surface area (Å²) in [6.07, 6.45) is 9.61. The van der Waals surface area contributed by atoms with E-state index in [4.69, 9.17) is 5.73 Å². The van der Waals surface area contributed by atoms with Crippen LogP contribution in [-0.2, 0) is 0 Å². The SMILES string of the molecule is CC1CCC(C/C=C/CC(C)(C)N)C1(C)C. The molecule has 2 unspecified atom stereocenters. The summed E-state index contributed by atoms with van der Waals surface area (Å²) in [7, 11) is 0. The molecule has 1 rings (SSSR count). The van der Waals surface area contributed by atoms with Crippen molar-refractivity contribution in [3.05, 3.63) is 12.2 Å². The van der Waals surface area contributed by atoms with E-state index in [-0.39, 0.29) is 5.54 Å². The highest BCUT2D eigenvalue weighted by molar-refractivity contribution is 4.96. The molecule has 94 valence electrons. The van der Waals surface area contributed by atoms with Gasteiger partial charge in [-0.1, -0.05) is 32.9 Å². The molecule has 1 aliphatic rings. The van der Waals surface area contributed by atoms with Gasteiger partial charge in [-0.3, -0.25) is 0 Å². The molecule has 1 nitrogen and oxygen atoms in total. The molecule has 1 saturated carbocycles. The van der Waals surface area contributed by atoms with Gasteiger partial charge in [-0.05, 0) is 56.8 Å². The second-order valence-electron chi connectivity index (χ2n) is 6.90. The van der Waals surface area contributed by atoms with E-state index in [1.165, 1.54) is 19.3 Å². The Morgan fingerprint density at radius 1 is 1.25 bits per heavy atom. The van der Waals surface area contributed by atoms with Gasteiger partial charge in [0.15, 0.2) is 0 Å². The van der Waals surface area contributed by atoms with Crippen LogP contribution in [0.2, 0.25) is 0 Å². The first-order chi connectivity index (χ1) is 7.23. The molecule has 0 aromatic heterocycles. The Morgan fingerprint density at radius 3 is 2.31 bits per heavy atom. The van der Waals surface area contributed by atoms with Gasteiger partial charge in [-0.25, -0.2) is 0 Å². The lowest BCUT2D eigenvalue weighted by Gasteiger charge is -2.30. The molecule has 16 heavy (non-hydrogen) atoms. The van der Waals surface area contributed by atoms with Gasteiger partial charge in [0, 0.05) is 5.54 Å². The van der Waals surface area contributed by atoms with Crippen LogP contribution in [0, 0.1) is 17.3 Å². The Balaban J connectivity index is 2.39. The van der Waals surface area contributed by atoms with Gasteiger partial charge in [-0.15, -0.1) is 0 Å². The summed E-state index contributed by atoms with van der Waals surface area (Å²) in [4.78, 5) is 0. The zero-order valence-corrected chi connectivity index (χ0v) is 11.7. The molecule has 2 N–H and O–H groups in total. The zero-order chi connectivity index (χ0) is 12.4. The maximum Gasteiger partial charge on any atom is 0.0132 e. The molecule has 0 aromatic carbocycles. The van der Waals surface area contributed by atoms with Crippen molar-refractivity contribution in [3.8, 4) is 0 Å². The Bertz CT molecular complexity index is 245. The topological polar surface area (TPSA) is 26.0 Å². The van der Waals surface area contributed by atoms with Crippen LogP contribution in [0.15, 0.2) is 12.2 Å². The lowest BCUT2D eigenvalue weighted by Crippen LogP contribution is -2.30. The van der Waals surface area contributed by atoms with Crippen molar-refractivity contribution in [2.24, 2.45) is 23.0 Å². The Labute approximate surface area is 101 Å². The molecule has 1 fully saturated rings. The summed E-state index contributed by atoms with van der Waals surface area (Å²) in [5.74, 6) is 1.73. The predicted octanol–water partition coefficient (Wildman–Crippen LogP) is 4.13. The molecule has 0 heterocycles. The number of nitrogens with two attached hydrogens (primary N) is 1. The summed E-state index contributed by atoms with van der Waals surface area (Å²) < 4.78 is 0. The van der Waals surface area contributed by atoms with Crippen LogP contribution in [0.5, 0.6) is 0 Å². The monoisotopic (exact) mass is 223 g/mol. The smallest absolute Gasteiger partial charge is 0.0132 e. The van der Waals surface area contributed by atoms with Crippen LogP contribution in [-0.4, -0.2) is 5.54 Å². The highest BCUT2D eigenvalue weighted by Gasteiger charge is 2.39. The molecule has 0 amide bonds. The van der Waals surface area contributed by atoms with Crippen molar-refractivity contribution >= 4 is 0 Å². The van der Waals surface area contributed by atoms with E-state index in [1.807, 2.05) is 0 Å².